The van der Waals surface area contributed by atoms with Crippen molar-refractivity contribution in [1.29, 1.82) is 0 Å². The van der Waals surface area contributed by atoms with Crippen LogP contribution in [0.1, 0.15) is 6.42 Å². The van der Waals surface area contributed by atoms with Gasteiger partial charge in [-0.15, -0.1) is 0 Å². The van der Waals surface area contributed by atoms with Gasteiger partial charge in [-0.1, -0.05) is 0 Å². The summed E-state index contributed by atoms with van der Waals surface area (Å²) in [5.74, 6) is -0.0295. The first kappa shape index (κ1) is 14.0. The molecule has 9 nitrogen and oxygen atoms in total. The van der Waals surface area contributed by atoms with Crippen LogP contribution >= 0.6 is 0 Å². The molecule has 3 heterocycles. The number of urea groups is 1. The number of hydrogen-bond donors (Lipinski definition) is 2. The monoisotopic (exact) mass is 301 g/mol. The lowest BCUT2D eigenvalue weighted by atomic mass is 10.1. The summed E-state index contributed by atoms with van der Waals surface area (Å²) < 4.78 is 1.52. The minimum atomic E-state index is -0.367. The SMILES string of the molecule is NC(=O)[C@@H]1CCN(C(=O)Nc2ccc(-n3cncn3)nc2)C1. The molecule has 3 N–H and O–H groups in total. The first-order chi connectivity index (χ1) is 10.6. The van der Waals surface area contributed by atoms with Gasteiger partial charge in [0.25, 0.3) is 0 Å². The van der Waals surface area contributed by atoms with Gasteiger partial charge in [-0.25, -0.2) is 19.4 Å². The second-order valence-electron chi connectivity index (χ2n) is 5.01. The maximum Gasteiger partial charge on any atom is 0.321 e. The van der Waals surface area contributed by atoms with E-state index in [1.54, 1.807) is 17.0 Å². The topological polar surface area (TPSA) is 119 Å². The van der Waals surface area contributed by atoms with Crippen molar-refractivity contribution in [3.8, 4) is 5.82 Å². The molecular weight excluding hydrogens is 286 g/mol. The summed E-state index contributed by atoms with van der Waals surface area (Å²) in [6, 6.07) is 3.18. The molecule has 1 atom stereocenters. The van der Waals surface area contributed by atoms with Crippen LogP contribution < -0.4 is 11.1 Å². The van der Waals surface area contributed by atoms with Gasteiger partial charge in [-0.3, -0.25) is 4.79 Å². The number of nitrogens with zero attached hydrogens (tertiary/aromatic N) is 5. The van der Waals surface area contributed by atoms with E-state index >= 15 is 0 Å². The average Bonchev–Trinajstić information content (AvgIpc) is 3.20. The molecule has 1 fully saturated rings. The van der Waals surface area contributed by atoms with Crippen molar-refractivity contribution in [3.05, 3.63) is 31.0 Å². The second kappa shape index (κ2) is 5.80. The van der Waals surface area contributed by atoms with Gasteiger partial charge in [0.15, 0.2) is 5.82 Å². The Balaban J connectivity index is 1.61. The van der Waals surface area contributed by atoms with Crippen LogP contribution in [0.5, 0.6) is 0 Å². The molecule has 0 saturated carbocycles. The molecule has 0 bridgehead atoms. The van der Waals surface area contributed by atoms with Crippen LogP contribution in [0, 0.1) is 5.92 Å². The highest BCUT2D eigenvalue weighted by Crippen LogP contribution is 2.17. The van der Waals surface area contributed by atoms with Gasteiger partial charge in [-0.05, 0) is 18.6 Å². The van der Waals surface area contributed by atoms with Crippen LogP contribution in [-0.2, 0) is 4.79 Å². The quantitative estimate of drug-likeness (QED) is 0.827. The Morgan fingerprint density at radius 1 is 1.36 bits per heavy atom. The van der Waals surface area contributed by atoms with Crippen molar-refractivity contribution in [1.82, 2.24) is 24.6 Å². The van der Waals surface area contributed by atoms with Gasteiger partial charge in [0.2, 0.25) is 5.91 Å². The summed E-state index contributed by atoms with van der Waals surface area (Å²) in [4.78, 5) is 32.8. The Bertz CT molecular complexity index is 668. The number of rotatable bonds is 3. The Morgan fingerprint density at radius 2 is 2.23 bits per heavy atom. The third kappa shape index (κ3) is 2.87. The predicted molar refractivity (Wildman–Crippen MR) is 77.0 cm³/mol. The molecule has 114 valence electrons. The highest BCUT2D eigenvalue weighted by atomic mass is 16.2. The van der Waals surface area contributed by atoms with Crippen LogP contribution in [0.4, 0.5) is 10.5 Å². The fourth-order valence-electron chi connectivity index (χ4n) is 2.30. The largest absolute Gasteiger partial charge is 0.369 e. The number of amides is 3. The first-order valence-electron chi connectivity index (χ1n) is 6.80. The van der Waals surface area contributed by atoms with Crippen LogP contribution in [0.25, 0.3) is 5.82 Å². The van der Waals surface area contributed by atoms with Gasteiger partial charge in [-0.2, -0.15) is 5.10 Å². The molecule has 1 aliphatic heterocycles. The smallest absolute Gasteiger partial charge is 0.321 e. The Kier molecular flexibility index (Phi) is 3.69. The Morgan fingerprint density at radius 3 is 2.82 bits per heavy atom. The summed E-state index contributed by atoms with van der Waals surface area (Å²) in [6.07, 6.45) is 5.09. The average molecular weight is 301 g/mol. The zero-order valence-corrected chi connectivity index (χ0v) is 11.7. The lowest BCUT2D eigenvalue weighted by Crippen LogP contribution is -2.34. The molecule has 0 radical (unpaired) electrons. The van der Waals surface area contributed by atoms with Crippen molar-refractivity contribution in [2.45, 2.75) is 6.42 Å². The number of carbonyl (C=O) groups excluding carboxylic acids is 2. The van der Waals surface area contributed by atoms with Crippen LogP contribution in [-0.4, -0.2) is 49.7 Å². The molecule has 1 saturated heterocycles. The molecule has 3 amide bonds. The van der Waals surface area contributed by atoms with Crippen LogP contribution in [0.2, 0.25) is 0 Å². The van der Waals surface area contributed by atoms with E-state index in [1.807, 2.05) is 0 Å². The zero-order chi connectivity index (χ0) is 15.5. The van der Waals surface area contributed by atoms with Crippen molar-refractivity contribution >= 4 is 17.6 Å². The molecule has 2 aromatic heterocycles. The summed E-state index contributed by atoms with van der Waals surface area (Å²) in [5, 5.41) is 6.71. The van der Waals surface area contributed by atoms with E-state index in [2.05, 4.69) is 20.4 Å². The highest BCUT2D eigenvalue weighted by Gasteiger charge is 2.29. The van der Waals surface area contributed by atoms with E-state index < -0.39 is 0 Å². The Labute approximate surface area is 126 Å². The molecule has 3 rings (SSSR count). The van der Waals surface area contributed by atoms with Gasteiger partial charge in [0, 0.05) is 13.1 Å². The molecule has 0 aromatic carbocycles. The number of anilines is 1. The lowest BCUT2D eigenvalue weighted by molar-refractivity contribution is -0.121. The maximum absolute atomic E-state index is 12.1. The van der Waals surface area contributed by atoms with E-state index in [9.17, 15) is 9.59 Å². The number of primary amides is 1. The second-order valence-corrected chi connectivity index (χ2v) is 5.01. The summed E-state index contributed by atoms with van der Waals surface area (Å²) in [6.45, 7) is 0.871. The fourth-order valence-corrected chi connectivity index (χ4v) is 2.30. The van der Waals surface area contributed by atoms with E-state index in [4.69, 9.17) is 5.73 Å². The Hall–Kier alpha value is -2.97. The standard InChI is InChI=1S/C13H15N7O2/c14-12(21)9-3-4-19(6-9)13(22)18-10-1-2-11(16-5-10)20-8-15-7-17-20/h1-2,5,7-9H,3-4,6H2,(H2,14,21)(H,18,22)/t9-/m1/s1. The molecule has 1 aliphatic rings. The van der Waals surface area contributed by atoms with E-state index in [0.717, 1.165) is 0 Å². The molecule has 9 heteroatoms. The molecule has 0 aliphatic carbocycles. The molecule has 22 heavy (non-hydrogen) atoms. The minimum absolute atomic E-state index is 0.265. The van der Waals surface area contributed by atoms with Crippen LogP contribution in [0.15, 0.2) is 31.0 Å². The number of aromatic nitrogens is 4. The third-order valence-electron chi connectivity index (χ3n) is 3.53. The number of pyridine rings is 1. The highest BCUT2D eigenvalue weighted by molar-refractivity contribution is 5.90. The number of nitrogens with two attached hydrogens (primary N) is 1. The maximum atomic E-state index is 12.1. The normalized spacial score (nSPS) is 17.5. The van der Waals surface area contributed by atoms with Crippen molar-refractivity contribution in [2.75, 3.05) is 18.4 Å². The number of nitrogens with one attached hydrogen (secondary N) is 1. The van der Waals surface area contributed by atoms with Crippen LogP contribution in [0.3, 0.4) is 0 Å². The van der Waals surface area contributed by atoms with Crippen molar-refractivity contribution in [3.63, 3.8) is 0 Å². The van der Waals surface area contributed by atoms with E-state index in [1.165, 1.54) is 23.5 Å². The predicted octanol–water partition coefficient (Wildman–Crippen LogP) is 0.00140. The summed E-state index contributed by atoms with van der Waals surface area (Å²) in [7, 11) is 0. The lowest BCUT2D eigenvalue weighted by Gasteiger charge is -2.16. The van der Waals surface area contributed by atoms with Gasteiger partial charge >= 0.3 is 6.03 Å². The molecular formula is C13H15N7O2. The van der Waals surface area contributed by atoms with Gasteiger partial charge < -0.3 is 16.0 Å². The molecule has 0 unspecified atom stereocenters. The molecule has 0 spiro atoms. The first-order valence-corrected chi connectivity index (χ1v) is 6.80. The van der Waals surface area contributed by atoms with E-state index in [0.29, 0.717) is 31.0 Å². The number of hydrogen-bond acceptors (Lipinski definition) is 5. The third-order valence-corrected chi connectivity index (χ3v) is 3.53. The van der Waals surface area contributed by atoms with Gasteiger partial charge in [0.05, 0.1) is 17.8 Å². The van der Waals surface area contributed by atoms with E-state index in [-0.39, 0.29) is 17.9 Å². The summed E-state index contributed by atoms with van der Waals surface area (Å²) in [5.41, 5.74) is 5.82. The number of likely N-dealkylation sites (tertiary alicyclic amines) is 1. The number of carbonyl (C=O) groups is 2. The zero-order valence-electron chi connectivity index (χ0n) is 11.7. The fraction of sp³-hybridized carbons (Fsp3) is 0.308. The van der Waals surface area contributed by atoms with Crippen molar-refractivity contribution < 1.29 is 9.59 Å². The molecule has 2 aromatic rings. The van der Waals surface area contributed by atoms with Gasteiger partial charge in [0.1, 0.15) is 12.7 Å². The minimum Gasteiger partial charge on any atom is -0.369 e. The van der Waals surface area contributed by atoms with Crippen molar-refractivity contribution in [2.24, 2.45) is 11.7 Å². The summed E-state index contributed by atoms with van der Waals surface area (Å²) >= 11 is 0.